The Labute approximate surface area is 179 Å². The van der Waals surface area contributed by atoms with E-state index in [0.717, 1.165) is 4.57 Å². The number of anilines is 1. The zero-order valence-electron chi connectivity index (χ0n) is 16.3. The third-order valence-electron chi connectivity index (χ3n) is 4.01. The first-order valence-electron chi connectivity index (χ1n) is 8.72. The second-order valence-corrected chi connectivity index (χ2v) is 10.9. The molecule has 1 aliphatic rings. The lowest BCUT2D eigenvalue weighted by molar-refractivity contribution is -0.0542. The van der Waals surface area contributed by atoms with Gasteiger partial charge in [0.05, 0.1) is 6.61 Å². The average Bonchev–Trinajstić information content (AvgIpc) is 2.87. The first-order chi connectivity index (χ1) is 14.6. The number of aryl methyl sites for hydroxylation is 1. The maximum Gasteiger partial charge on any atom is 0.490 e. The molecule has 20 heteroatoms. The molecule has 1 fully saturated rings. The summed E-state index contributed by atoms with van der Waals surface area (Å²) in [7, 11) is -16.8. The Morgan fingerprint density at radius 2 is 1.75 bits per heavy atom. The van der Waals surface area contributed by atoms with Crippen LogP contribution in [0.1, 0.15) is 25.1 Å². The van der Waals surface area contributed by atoms with E-state index in [9.17, 15) is 33.6 Å². The normalized spacial score (nSPS) is 27.7. The lowest BCUT2D eigenvalue weighted by atomic mass is 10.1. The first-order valence-corrected chi connectivity index (χ1v) is 13.2. The molecule has 32 heavy (non-hydrogen) atoms. The lowest BCUT2D eigenvalue weighted by Crippen LogP contribution is -2.36. The van der Waals surface area contributed by atoms with E-state index in [1.165, 1.54) is 6.20 Å². The molecule has 0 bridgehead atoms. The highest BCUT2D eigenvalue weighted by atomic mass is 31.3. The summed E-state index contributed by atoms with van der Waals surface area (Å²) < 4.78 is 51.4. The highest BCUT2D eigenvalue weighted by Crippen LogP contribution is 2.66. The standard InChI is InChI=1S/C12H22N3O14P3/c1-2-3-6-4-15(12(18)14-10(6)13)11-9(17)8(16)7(27-11)5-26-31(22,23)29-32(24,25)28-30(19,20)21/h4,7-9,11,16-17H,2-3,5H2,1H3,(H,22,23)(H,24,25)(H2,13,14,18)(H2,19,20,21)/t7-,8?,9+,11-/m1/s1. The highest BCUT2D eigenvalue weighted by molar-refractivity contribution is 7.66. The Morgan fingerprint density at radius 3 is 2.31 bits per heavy atom. The molecule has 0 aromatic carbocycles. The number of aromatic nitrogens is 2. The quantitative estimate of drug-likeness (QED) is 0.176. The van der Waals surface area contributed by atoms with Gasteiger partial charge in [0.2, 0.25) is 0 Å². The first kappa shape index (κ1) is 27.2. The molecule has 1 aromatic heterocycles. The van der Waals surface area contributed by atoms with Gasteiger partial charge < -0.3 is 40.3 Å². The monoisotopic (exact) mass is 525 g/mol. The van der Waals surface area contributed by atoms with E-state index in [0.29, 0.717) is 18.4 Å². The third kappa shape index (κ3) is 7.23. The molecule has 2 rings (SSSR count). The van der Waals surface area contributed by atoms with Crippen molar-refractivity contribution in [1.29, 1.82) is 0 Å². The van der Waals surface area contributed by atoms with Gasteiger partial charge in [-0.1, -0.05) is 13.3 Å². The van der Waals surface area contributed by atoms with E-state index in [1.54, 1.807) is 0 Å². The molecule has 0 amide bonds. The van der Waals surface area contributed by atoms with Crippen molar-refractivity contribution in [3.05, 3.63) is 22.2 Å². The van der Waals surface area contributed by atoms with Crippen molar-refractivity contribution in [2.24, 2.45) is 0 Å². The zero-order chi connectivity index (χ0) is 24.5. The maximum absolute atomic E-state index is 12.2. The number of aliphatic hydroxyl groups is 2. The topological polar surface area (TPSA) is 270 Å². The number of aliphatic hydroxyl groups excluding tert-OH is 2. The Morgan fingerprint density at radius 1 is 1.12 bits per heavy atom. The number of nitrogens with zero attached hydrogens (tertiary/aromatic N) is 2. The number of hydrogen-bond donors (Lipinski definition) is 7. The molecular weight excluding hydrogens is 503 g/mol. The average molecular weight is 525 g/mol. The van der Waals surface area contributed by atoms with Gasteiger partial charge in [0.25, 0.3) is 0 Å². The fourth-order valence-electron chi connectivity index (χ4n) is 2.73. The minimum absolute atomic E-state index is 0.0228. The van der Waals surface area contributed by atoms with Gasteiger partial charge in [-0.05, 0) is 6.42 Å². The van der Waals surface area contributed by atoms with E-state index in [-0.39, 0.29) is 5.82 Å². The minimum Gasteiger partial charge on any atom is -0.387 e. The van der Waals surface area contributed by atoms with Crippen LogP contribution in [0.25, 0.3) is 0 Å². The smallest absolute Gasteiger partial charge is 0.387 e. The van der Waals surface area contributed by atoms with Crippen LogP contribution in [0, 0.1) is 0 Å². The van der Waals surface area contributed by atoms with Gasteiger partial charge in [0.1, 0.15) is 24.1 Å². The fourth-order valence-corrected chi connectivity index (χ4v) is 5.76. The molecule has 3 unspecified atom stereocenters. The van der Waals surface area contributed by atoms with Gasteiger partial charge in [-0.2, -0.15) is 13.6 Å². The van der Waals surface area contributed by atoms with Gasteiger partial charge in [-0.25, -0.2) is 18.5 Å². The van der Waals surface area contributed by atoms with Crippen LogP contribution in [-0.4, -0.2) is 64.3 Å². The predicted molar refractivity (Wildman–Crippen MR) is 103 cm³/mol. The molecule has 1 aromatic rings. The van der Waals surface area contributed by atoms with Crippen molar-refractivity contribution in [1.82, 2.24) is 9.55 Å². The Hall–Kier alpha value is -1.03. The number of hydrogen-bond acceptors (Lipinski definition) is 12. The summed E-state index contributed by atoms with van der Waals surface area (Å²) in [5, 5.41) is 20.4. The molecule has 0 spiro atoms. The summed E-state index contributed by atoms with van der Waals surface area (Å²) >= 11 is 0. The van der Waals surface area contributed by atoms with E-state index in [4.69, 9.17) is 25.2 Å². The van der Waals surface area contributed by atoms with E-state index in [1.807, 2.05) is 6.92 Å². The Bertz CT molecular complexity index is 1030. The van der Waals surface area contributed by atoms with Crippen molar-refractivity contribution >= 4 is 29.3 Å². The van der Waals surface area contributed by atoms with Crippen LogP contribution >= 0.6 is 23.5 Å². The largest absolute Gasteiger partial charge is 0.490 e. The van der Waals surface area contributed by atoms with Crippen molar-refractivity contribution in [3.8, 4) is 0 Å². The number of rotatable bonds is 10. The van der Waals surface area contributed by atoms with Gasteiger partial charge in [0, 0.05) is 11.8 Å². The van der Waals surface area contributed by atoms with Crippen molar-refractivity contribution in [2.75, 3.05) is 12.3 Å². The molecule has 0 saturated carbocycles. The van der Waals surface area contributed by atoms with Crippen LogP contribution in [-0.2, 0) is 38.0 Å². The number of phosphoric ester groups is 1. The maximum atomic E-state index is 12.2. The summed E-state index contributed by atoms with van der Waals surface area (Å²) in [6.45, 7) is 0.829. The number of phosphoric acid groups is 3. The van der Waals surface area contributed by atoms with Crippen LogP contribution < -0.4 is 11.4 Å². The molecule has 0 radical (unpaired) electrons. The fraction of sp³-hybridized carbons (Fsp3) is 0.667. The van der Waals surface area contributed by atoms with E-state index >= 15 is 0 Å². The zero-order valence-corrected chi connectivity index (χ0v) is 19.0. The highest BCUT2D eigenvalue weighted by Gasteiger charge is 2.46. The summed E-state index contributed by atoms with van der Waals surface area (Å²) in [5.41, 5.74) is 5.23. The molecule has 6 atom stereocenters. The van der Waals surface area contributed by atoms with Crippen molar-refractivity contribution in [3.63, 3.8) is 0 Å². The SMILES string of the molecule is CCCc1cn([C@@H]2O[C@H](COP(=O)(O)OP(=O)(O)OP(=O)(O)O)C(O)[C@@H]2O)c(=O)nc1N. The van der Waals surface area contributed by atoms with Crippen molar-refractivity contribution in [2.45, 2.75) is 44.3 Å². The van der Waals surface area contributed by atoms with Gasteiger partial charge in [0.15, 0.2) is 6.23 Å². The lowest BCUT2D eigenvalue weighted by Gasteiger charge is -2.19. The molecule has 184 valence electrons. The molecule has 1 aliphatic heterocycles. The third-order valence-corrected chi connectivity index (χ3v) is 7.81. The van der Waals surface area contributed by atoms with Crippen LogP contribution in [0.15, 0.2) is 11.0 Å². The predicted octanol–water partition coefficient (Wildman–Crippen LogP) is -1.26. The second kappa shape index (κ2) is 10.1. The van der Waals surface area contributed by atoms with E-state index < -0.39 is 60.3 Å². The summed E-state index contributed by atoms with van der Waals surface area (Å²) in [6, 6.07) is 0. The van der Waals surface area contributed by atoms with Gasteiger partial charge >= 0.3 is 29.2 Å². The van der Waals surface area contributed by atoms with Crippen LogP contribution in [0.2, 0.25) is 0 Å². The summed E-state index contributed by atoms with van der Waals surface area (Å²) in [5.74, 6) is -0.0228. The van der Waals surface area contributed by atoms with Crippen LogP contribution in [0.5, 0.6) is 0 Å². The summed E-state index contributed by atoms with van der Waals surface area (Å²) in [4.78, 5) is 51.3. The Kier molecular flexibility index (Phi) is 8.57. The van der Waals surface area contributed by atoms with Crippen molar-refractivity contribution < 1.29 is 61.4 Å². The van der Waals surface area contributed by atoms with E-state index in [2.05, 4.69) is 18.1 Å². The molecule has 17 nitrogen and oxygen atoms in total. The number of nitrogen functional groups attached to an aromatic ring is 1. The van der Waals surface area contributed by atoms with Crippen LogP contribution in [0.4, 0.5) is 5.82 Å². The van der Waals surface area contributed by atoms with Gasteiger partial charge in [-0.15, -0.1) is 0 Å². The number of ether oxygens (including phenoxy) is 1. The van der Waals surface area contributed by atoms with Gasteiger partial charge in [-0.3, -0.25) is 9.09 Å². The Balaban J connectivity index is 2.12. The minimum atomic E-state index is -5.73. The summed E-state index contributed by atoms with van der Waals surface area (Å²) in [6.07, 6.45) is -4.13. The molecule has 2 heterocycles. The second-order valence-electron chi connectivity index (χ2n) is 6.52. The molecule has 0 aliphatic carbocycles. The van der Waals surface area contributed by atoms with Crippen LogP contribution in [0.3, 0.4) is 0 Å². The molecule has 8 N–H and O–H groups in total. The molecule has 1 saturated heterocycles. The molecular formula is C12H22N3O14P3. The number of nitrogens with two attached hydrogens (primary N) is 1.